The molecule has 0 saturated carbocycles. The quantitative estimate of drug-likeness (QED) is 0.474. The van der Waals surface area contributed by atoms with Gasteiger partial charge in [-0.15, -0.1) is 0 Å². The number of carbonyl (C=O) groups is 1. The van der Waals surface area contributed by atoms with Crippen molar-refractivity contribution in [3.05, 3.63) is 63.1 Å². The minimum atomic E-state index is -0.595. The normalized spacial score (nSPS) is 14.2. The van der Waals surface area contributed by atoms with Gasteiger partial charge >= 0.3 is 5.76 Å². The number of nitro benzene ring substituents is 1. The van der Waals surface area contributed by atoms with Gasteiger partial charge in [0.25, 0.3) is 5.69 Å². The standard InChI is InChI=1S/C21H22N4O6/c26-17-4-1-3-15(13-17)22-9-11-23(12-10-22)20(27)5-2-8-24-18-7-6-16(25(29)30)14-19(18)31-21(24)28/h1,3-4,6-7,13-14,26H,2,5,8-12H2. The van der Waals surface area contributed by atoms with Crippen LogP contribution >= 0.6 is 0 Å². The summed E-state index contributed by atoms with van der Waals surface area (Å²) in [5.41, 5.74) is 1.42. The maximum absolute atomic E-state index is 12.6. The predicted molar refractivity (Wildman–Crippen MR) is 113 cm³/mol. The Morgan fingerprint density at radius 3 is 2.61 bits per heavy atom. The summed E-state index contributed by atoms with van der Waals surface area (Å²) in [6, 6.07) is 11.1. The molecule has 1 aliphatic rings. The molecule has 2 heterocycles. The number of amides is 1. The Bertz CT molecular complexity index is 1180. The van der Waals surface area contributed by atoms with Gasteiger partial charge in [-0.3, -0.25) is 19.5 Å². The van der Waals surface area contributed by atoms with Gasteiger partial charge in [0.15, 0.2) is 5.58 Å². The molecule has 4 rings (SSSR count). The highest BCUT2D eigenvalue weighted by Crippen LogP contribution is 2.22. The summed E-state index contributed by atoms with van der Waals surface area (Å²) in [4.78, 5) is 38.9. The largest absolute Gasteiger partial charge is 0.508 e. The molecule has 0 spiro atoms. The molecule has 1 N–H and O–H groups in total. The highest BCUT2D eigenvalue weighted by molar-refractivity contribution is 5.77. The first-order valence-corrected chi connectivity index (χ1v) is 10.0. The zero-order valence-electron chi connectivity index (χ0n) is 16.8. The zero-order chi connectivity index (χ0) is 22.0. The second-order valence-corrected chi connectivity index (χ2v) is 7.42. The first kappa shape index (κ1) is 20.5. The minimum absolute atomic E-state index is 0.0204. The van der Waals surface area contributed by atoms with E-state index in [-0.39, 0.29) is 29.3 Å². The van der Waals surface area contributed by atoms with Crippen molar-refractivity contribution >= 4 is 28.4 Å². The van der Waals surface area contributed by atoms with Crippen molar-refractivity contribution in [1.82, 2.24) is 9.47 Å². The van der Waals surface area contributed by atoms with Gasteiger partial charge in [0.1, 0.15) is 5.75 Å². The van der Waals surface area contributed by atoms with Gasteiger partial charge in [-0.1, -0.05) is 6.07 Å². The van der Waals surface area contributed by atoms with E-state index >= 15 is 0 Å². The molecule has 10 nitrogen and oxygen atoms in total. The number of aryl methyl sites for hydroxylation is 1. The summed E-state index contributed by atoms with van der Waals surface area (Å²) in [5, 5.41) is 20.5. The zero-order valence-corrected chi connectivity index (χ0v) is 16.8. The number of fused-ring (bicyclic) bond motifs is 1. The summed E-state index contributed by atoms with van der Waals surface area (Å²) in [5.74, 6) is -0.359. The van der Waals surface area contributed by atoms with Crippen LogP contribution in [0.1, 0.15) is 12.8 Å². The van der Waals surface area contributed by atoms with Gasteiger partial charge < -0.3 is 19.3 Å². The minimum Gasteiger partial charge on any atom is -0.508 e. The number of nitro groups is 1. The number of hydrogen-bond donors (Lipinski definition) is 1. The molecular weight excluding hydrogens is 404 g/mol. The fourth-order valence-corrected chi connectivity index (χ4v) is 3.83. The molecule has 0 radical (unpaired) electrons. The van der Waals surface area contributed by atoms with Crippen molar-refractivity contribution in [3.63, 3.8) is 0 Å². The second-order valence-electron chi connectivity index (χ2n) is 7.42. The smallest absolute Gasteiger partial charge is 0.419 e. The Hall–Kier alpha value is -3.82. The first-order valence-electron chi connectivity index (χ1n) is 10.0. The second kappa shape index (κ2) is 8.50. The summed E-state index contributed by atoms with van der Waals surface area (Å²) < 4.78 is 6.51. The maximum Gasteiger partial charge on any atom is 0.419 e. The van der Waals surface area contributed by atoms with Crippen molar-refractivity contribution in [2.24, 2.45) is 0 Å². The molecular formula is C21H22N4O6. The number of rotatable bonds is 6. The topological polar surface area (TPSA) is 122 Å². The molecule has 1 fully saturated rings. The highest BCUT2D eigenvalue weighted by Gasteiger charge is 2.21. The third-order valence-electron chi connectivity index (χ3n) is 5.46. The number of nitrogens with zero attached hydrogens (tertiary/aromatic N) is 4. The van der Waals surface area contributed by atoms with E-state index in [9.17, 15) is 24.8 Å². The molecule has 0 bridgehead atoms. The molecule has 10 heteroatoms. The lowest BCUT2D eigenvalue weighted by Crippen LogP contribution is -2.48. The third-order valence-corrected chi connectivity index (χ3v) is 5.46. The molecule has 0 unspecified atom stereocenters. The number of aromatic nitrogens is 1. The Morgan fingerprint density at radius 1 is 1.13 bits per heavy atom. The van der Waals surface area contributed by atoms with Crippen molar-refractivity contribution in [3.8, 4) is 5.75 Å². The summed E-state index contributed by atoms with van der Waals surface area (Å²) in [7, 11) is 0. The van der Waals surface area contributed by atoms with Crippen LogP contribution in [0, 0.1) is 10.1 Å². The van der Waals surface area contributed by atoms with Crippen molar-refractivity contribution in [1.29, 1.82) is 0 Å². The number of hydrogen-bond acceptors (Lipinski definition) is 7. The number of non-ortho nitro benzene ring substituents is 1. The Balaban J connectivity index is 1.31. The van der Waals surface area contributed by atoms with Crippen LogP contribution in [-0.4, -0.2) is 51.6 Å². The van der Waals surface area contributed by atoms with E-state index in [0.717, 1.165) is 5.69 Å². The van der Waals surface area contributed by atoms with Gasteiger partial charge in [-0.25, -0.2) is 4.79 Å². The lowest BCUT2D eigenvalue weighted by molar-refractivity contribution is -0.384. The molecule has 31 heavy (non-hydrogen) atoms. The molecule has 1 amide bonds. The maximum atomic E-state index is 12.6. The van der Waals surface area contributed by atoms with Crippen LogP contribution in [0.5, 0.6) is 5.75 Å². The summed E-state index contributed by atoms with van der Waals surface area (Å²) >= 11 is 0. The Kier molecular flexibility index (Phi) is 5.61. The van der Waals surface area contributed by atoms with Gasteiger partial charge in [0.05, 0.1) is 16.5 Å². The molecule has 3 aromatic rings. The number of phenolic OH excluding ortho intramolecular Hbond substituents is 1. The number of phenols is 1. The summed E-state index contributed by atoms with van der Waals surface area (Å²) in [6.07, 6.45) is 0.745. The molecule has 1 aliphatic heterocycles. The molecule has 1 aromatic heterocycles. The molecule has 162 valence electrons. The van der Waals surface area contributed by atoms with E-state index in [0.29, 0.717) is 44.7 Å². The monoisotopic (exact) mass is 426 g/mol. The van der Waals surface area contributed by atoms with Gasteiger partial charge in [0, 0.05) is 57.0 Å². The van der Waals surface area contributed by atoms with Crippen LogP contribution in [-0.2, 0) is 11.3 Å². The van der Waals surface area contributed by atoms with Crippen molar-refractivity contribution < 1.29 is 19.2 Å². The molecule has 1 saturated heterocycles. The van der Waals surface area contributed by atoms with Crippen LogP contribution in [0.2, 0.25) is 0 Å². The number of oxazole rings is 1. The van der Waals surface area contributed by atoms with E-state index in [2.05, 4.69) is 4.90 Å². The lowest BCUT2D eigenvalue weighted by Gasteiger charge is -2.36. The predicted octanol–water partition coefficient (Wildman–Crippen LogP) is 2.34. The molecule has 2 aromatic carbocycles. The summed E-state index contributed by atoms with van der Waals surface area (Å²) in [6.45, 7) is 2.83. The fraction of sp³-hybridized carbons (Fsp3) is 0.333. The highest BCUT2D eigenvalue weighted by atomic mass is 16.6. The molecule has 0 aliphatic carbocycles. The molecule has 0 atom stereocenters. The Labute approximate surface area is 177 Å². The number of carbonyl (C=O) groups excluding carboxylic acids is 1. The van der Waals surface area contributed by atoms with E-state index in [1.165, 1.54) is 22.8 Å². The van der Waals surface area contributed by atoms with Gasteiger partial charge in [-0.2, -0.15) is 0 Å². The van der Waals surface area contributed by atoms with Crippen LogP contribution in [0.4, 0.5) is 11.4 Å². The van der Waals surface area contributed by atoms with Crippen molar-refractivity contribution in [2.45, 2.75) is 19.4 Å². The van der Waals surface area contributed by atoms with Gasteiger partial charge in [-0.05, 0) is 24.6 Å². The van der Waals surface area contributed by atoms with E-state index in [4.69, 9.17) is 4.42 Å². The number of anilines is 1. The first-order chi connectivity index (χ1) is 14.9. The lowest BCUT2D eigenvalue weighted by atomic mass is 10.2. The van der Waals surface area contributed by atoms with Crippen LogP contribution in [0.3, 0.4) is 0 Å². The van der Waals surface area contributed by atoms with Crippen molar-refractivity contribution in [2.75, 3.05) is 31.1 Å². The van der Waals surface area contributed by atoms with E-state index in [1.54, 1.807) is 23.1 Å². The third kappa shape index (κ3) is 4.37. The van der Waals surface area contributed by atoms with Crippen LogP contribution in [0.15, 0.2) is 51.7 Å². The number of benzene rings is 2. The van der Waals surface area contributed by atoms with Crippen LogP contribution in [0.25, 0.3) is 11.1 Å². The fourth-order valence-electron chi connectivity index (χ4n) is 3.83. The number of aromatic hydroxyl groups is 1. The average molecular weight is 426 g/mol. The number of piperazine rings is 1. The average Bonchev–Trinajstić information content (AvgIpc) is 3.08. The van der Waals surface area contributed by atoms with E-state index in [1.807, 2.05) is 6.07 Å². The van der Waals surface area contributed by atoms with Gasteiger partial charge in [0.2, 0.25) is 5.91 Å². The SMILES string of the molecule is O=C(CCCn1c(=O)oc2cc([N+](=O)[O-])ccc21)N1CCN(c2cccc(O)c2)CC1. The van der Waals surface area contributed by atoms with E-state index < -0.39 is 10.7 Å². The van der Waals surface area contributed by atoms with Crippen LogP contribution < -0.4 is 10.7 Å². The Morgan fingerprint density at radius 2 is 1.90 bits per heavy atom.